The number of carbonyl (C=O) groups excluding carboxylic acids is 2. The smallest absolute Gasteiger partial charge is 0.257 e. The molecule has 1 N–H and O–H groups in total. The summed E-state index contributed by atoms with van der Waals surface area (Å²) in [6.07, 6.45) is 1.45. The summed E-state index contributed by atoms with van der Waals surface area (Å²) in [5.74, 6) is -0.983. The topological polar surface area (TPSA) is 78.5 Å². The number of nitrogens with one attached hydrogen (secondary N) is 1. The highest BCUT2D eigenvalue weighted by molar-refractivity contribution is 6.00. The summed E-state index contributed by atoms with van der Waals surface area (Å²) in [6, 6.07) is 5.82. The molecule has 2 amide bonds. The number of halogens is 1. The number of carbonyl (C=O) groups is 2. The molecule has 2 aliphatic rings. The van der Waals surface area contributed by atoms with E-state index >= 15 is 0 Å². The van der Waals surface area contributed by atoms with Crippen LogP contribution < -0.4 is 0 Å². The largest absolute Gasteiger partial charge is 0.378 e. The van der Waals surface area contributed by atoms with E-state index in [-0.39, 0.29) is 29.6 Å². The molecule has 1 aromatic carbocycles. The first-order chi connectivity index (χ1) is 12.5. The van der Waals surface area contributed by atoms with Gasteiger partial charge in [-0.15, -0.1) is 0 Å². The molecule has 2 aromatic rings. The van der Waals surface area contributed by atoms with Crippen molar-refractivity contribution in [1.82, 2.24) is 20.0 Å². The average Bonchev–Trinajstić information content (AvgIpc) is 3.01. The monoisotopic (exact) mass is 358 g/mol. The Hall–Kier alpha value is -2.74. The molecule has 26 heavy (non-hydrogen) atoms. The first kappa shape index (κ1) is 16.7. The van der Waals surface area contributed by atoms with E-state index in [1.54, 1.807) is 29.0 Å². The van der Waals surface area contributed by atoms with Gasteiger partial charge in [-0.1, -0.05) is 12.1 Å². The van der Waals surface area contributed by atoms with Crippen LogP contribution >= 0.6 is 0 Å². The molecule has 0 spiro atoms. The number of ether oxygens (including phenoxy) is 1. The van der Waals surface area contributed by atoms with E-state index in [0.717, 1.165) is 0 Å². The fraction of sp³-hybridized carbons (Fsp3) is 0.389. The number of aromatic nitrogens is 2. The second kappa shape index (κ2) is 6.53. The zero-order chi connectivity index (χ0) is 18.3. The fourth-order valence-corrected chi connectivity index (χ4v) is 3.55. The van der Waals surface area contributed by atoms with E-state index in [0.29, 0.717) is 43.1 Å². The van der Waals surface area contributed by atoms with Gasteiger partial charge in [0.2, 0.25) is 5.91 Å². The molecule has 0 aliphatic carbocycles. The van der Waals surface area contributed by atoms with Gasteiger partial charge in [0.05, 0.1) is 42.6 Å². The van der Waals surface area contributed by atoms with E-state index in [2.05, 4.69) is 10.2 Å². The molecule has 0 radical (unpaired) electrons. The lowest BCUT2D eigenvalue weighted by Gasteiger charge is -2.29. The quantitative estimate of drug-likeness (QED) is 0.873. The van der Waals surface area contributed by atoms with E-state index < -0.39 is 0 Å². The van der Waals surface area contributed by atoms with E-state index in [4.69, 9.17) is 4.74 Å². The number of rotatable bonds is 2. The molecule has 8 heteroatoms. The van der Waals surface area contributed by atoms with Gasteiger partial charge in [0.1, 0.15) is 5.82 Å². The Bertz CT molecular complexity index is 852. The minimum absolute atomic E-state index is 0.000322. The second-order valence-electron chi connectivity index (χ2n) is 6.72. The SMILES string of the molecule is CN1C(=O)[C@H]2COC[C@@H]1CN(C(=O)c1cn[nH]c1-c1cccc(F)c1)C2. The number of H-pyrrole nitrogens is 1. The summed E-state index contributed by atoms with van der Waals surface area (Å²) in [7, 11) is 1.75. The maximum Gasteiger partial charge on any atom is 0.257 e. The lowest BCUT2D eigenvalue weighted by molar-refractivity contribution is -0.133. The first-order valence-electron chi connectivity index (χ1n) is 8.47. The summed E-state index contributed by atoms with van der Waals surface area (Å²) >= 11 is 0. The number of benzene rings is 1. The van der Waals surface area contributed by atoms with Gasteiger partial charge in [0.25, 0.3) is 5.91 Å². The van der Waals surface area contributed by atoms with Crippen LogP contribution in [-0.2, 0) is 9.53 Å². The zero-order valence-electron chi connectivity index (χ0n) is 14.3. The molecule has 2 bridgehead atoms. The summed E-state index contributed by atoms with van der Waals surface area (Å²) in [5.41, 5.74) is 1.39. The molecule has 2 atom stereocenters. The summed E-state index contributed by atoms with van der Waals surface area (Å²) in [4.78, 5) is 28.9. The van der Waals surface area contributed by atoms with Crippen LogP contribution in [0, 0.1) is 11.7 Å². The molecule has 3 heterocycles. The molecule has 0 unspecified atom stereocenters. The molecule has 2 fully saturated rings. The summed E-state index contributed by atoms with van der Waals surface area (Å²) in [5, 5.41) is 6.76. The number of amides is 2. The zero-order valence-corrected chi connectivity index (χ0v) is 14.3. The van der Waals surface area contributed by atoms with Crippen LogP contribution in [0.25, 0.3) is 11.3 Å². The van der Waals surface area contributed by atoms with Crippen molar-refractivity contribution in [1.29, 1.82) is 0 Å². The molecule has 2 aliphatic heterocycles. The maximum atomic E-state index is 13.6. The number of aromatic amines is 1. The molecule has 4 rings (SSSR count). The Morgan fingerprint density at radius 3 is 3.00 bits per heavy atom. The van der Waals surface area contributed by atoms with Gasteiger partial charge in [0, 0.05) is 25.7 Å². The van der Waals surface area contributed by atoms with Gasteiger partial charge in [-0.2, -0.15) is 5.10 Å². The Balaban J connectivity index is 1.65. The van der Waals surface area contributed by atoms with Crippen molar-refractivity contribution < 1.29 is 18.7 Å². The predicted molar refractivity (Wildman–Crippen MR) is 90.8 cm³/mol. The molecule has 2 saturated heterocycles. The molecular weight excluding hydrogens is 339 g/mol. The van der Waals surface area contributed by atoms with Gasteiger partial charge in [-0.25, -0.2) is 4.39 Å². The van der Waals surface area contributed by atoms with Crippen molar-refractivity contribution in [2.24, 2.45) is 5.92 Å². The van der Waals surface area contributed by atoms with E-state index in [1.165, 1.54) is 18.3 Å². The van der Waals surface area contributed by atoms with Crippen LogP contribution in [-0.4, -0.2) is 71.2 Å². The van der Waals surface area contributed by atoms with Crippen LogP contribution in [0.1, 0.15) is 10.4 Å². The first-order valence-corrected chi connectivity index (χ1v) is 8.47. The lowest BCUT2D eigenvalue weighted by Crippen LogP contribution is -2.45. The summed E-state index contributed by atoms with van der Waals surface area (Å²) < 4.78 is 19.1. The second-order valence-corrected chi connectivity index (χ2v) is 6.72. The summed E-state index contributed by atoms with van der Waals surface area (Å²) in [6.45, 7) is 1.41. The fourth-order valence-electron chi connectivity index (χ4n) is 3.55. The highest BCUT2D eigenvalue weighted by atomic mass is 19.1. The Labute approximate surface area is 149 Å². The standard InChI is InChI=1S/C18H19FN4O3/c1-22-14-8-23(7-12(17(22)24)9-26-10-14)18(25)15-6-20-21-16(15)11-3-2-4-13(19)5-11/h2-6,12,14H,7-10H2,1H3,(H,20,21)/t12-,14+/m1/s1. The van der Waals surface area contributed by atoms with Crippen molar-refractivity contribution in [3.8, 4) is 11.3 Å². The van der Waals surface area contributed by atoms with Crippen molar-refractivity contribution in [3.05, 3.63) is 41.8 Å². The van der Waals surface area contributed by atoms with Gasteiger partial charge >= 0.3 is 0 Å². The third kappa shape index (κ3) is 2.86. The van der Waals surface area contributed by atoms with E-state index in [1.807, 2.05) is 0 Å². The minimum atomic E-state index is -0.385. The number of hydrogen-bond acceptors (Lipinski definition) is 4. The molecular formula is C18H19FN4O3. The van der Waals surface area contributed by atoms with E-state index in [9.17, 15) is 14.0 Å². The predicted octanol–water partition coefficient (Wildman–Crippen LogP) is 1.14. The lowest BCUT2D eigenvalue weighted by atomic mass is 10.1. The Morgan fingerprint density at radius 1 is 1.35 bits per heavy atom. The van der Waals surface area contributed by atoms with Crippen LogP contribution in [0.5, 0.6) is 0 Å². The van der Waals surface area contributed by atoms with Crippen molar-refractivity contribution in [3.63, 3.8) is 0 Å². The van der Waals surface area contributed by atoms with Crippen molar-refractivity contribution in [2.75, 3.05) is 33.4 Å². The molecule has 136 valence electrons. The Morgan fingerprint density at radius 2 is 2.19 bits per heavy atom. The van der Waals surface area contributed by atoms with Crippen LogP contribution in [0.4, 0.5) is 4.39 Å². The van der Waals surface area contributed by atoms with Crippen LogP contribution in [0.2, 0.25) is 0 Å². The molecule has 7 nitrogen and oxygen atoms in total. The van der Waals surface area contributed by atoms with Gasteiger partial charge in [-0.3, -0.25) is 14.7 Å². The van der Waals surface area contributed by atoms with Gasteiger partial charge < -0.3 is 14.5 Å². The normalized spacial score (nSPS) is 23.1. The average molecular weight is 358 g/mol. The highest BCUT2D eigenvalue weighted by Crippen LogP contribution is 2.26. The third-order valence-electron chi connectivity index (χ3n) is 5.02. The van der Waals surface area contributed by atoms with Gasteiger partial charge in [0.15, 0.2) is 0 Å². The number of likely N-dealkylation sites (N-methyl/N-ethyl adjacent to an activating group) is 1. The minimum Gasteiger partial charge on any atom is -0.378 e. The van der Waals surface area contributed by atoms with Crippen molar-refractivity contribution in [2.45, 2.75) is 6.04 Å². The number of hydrogen-bond donors (Lipinski definition) is 1. The Kier molecular flexibility index (Phi) is 4.20. The van der Waals surface area contributed by atoms with Crippen molar-refractivity contribution >= 4 is 11.8 Å². The van der Waals surface area contributed by atoms with Crippen LogP contribution in [0.15, 0.2) is 30.5 Å². The molecule has 0 saturated carbocycles. The number of fused-ring (bicyclic) bond motifs is 3. The highest BCUT2D eigenvalue weighted by Gasteiger charge is 2.39. The maximum absolute atomic E-state index is 13.6. The van der Waals surface area contributed by atoms with Crippen LogP contribution in [0.3, 0.4) is 0 Å². The number of nitrogens with zero attached hydrogens (tertiary/aromatic N) is 3. The third-order valence-corrected chi connectivity index (χ3v) is 5.02. The molecule has 1 aromatic heterocycles. The van der Waals surface area contributed by atoms with Gasteiger partial charge in [-0.05, 0) is 12.1 Å².